The van der Waals surface area contributed by atoms with Crippen LogP contribution in [0.2, 0.25) is 0 Å². The highest BCUT2D eigenvalue weighted by molar-refractivity contribution is 9.10. The third-order valence-electron chi connectivity index (χ3n) is 5.85. The molecule has 0 bridgehead atoms. The highest BCUT2D eigenvalue weighted by Gasteiger charge is 2.32. The van der Waals surface area contributed by atoms with Gasteiger partial charge < -0.3 is 10.2 Å². The number of likely N-dealkylation sites (N-methyl/N-ethyl adjacent to an activating group) is 1. The second-order valence-corrected chi connectivity index (χ2v) is 11.7. The summed E-state index contributed by atoms with van der Waals surface area (Å²) in [6, 6.07) is 23.1. The predicted molar refractivity (Wildman–Crippen MR) is 151 cm³/mol. The van der Waals surface area contributed by atoms with E-state index in [1.807, 2.05) is 68.4 Å². The van der Waals surface area contributed by atoms with E-state index in [2.05, 4.69) is 21.2 Å². The summed E-state index contributed by atoms with van der Waals surface area (Å²) in [4.78, 5) is 28.7. The molecule has 3 aromatic carbocycles. The molecule has 0 radical (unpaired) electrons. The van der Waals surface area contributed by atoms with Crippen LogP contribution >= 0.6 is 15.9 Å². The molecule has 0 aliphatic carbocycles. The molecule has 0 heterocycles. The lowest BCUT2D eigenvalue weighted by molar-refractivity contribution is -0.140. The lowest BCUT2D eigenvalue weighted by Crippen LogP contribution is -2.53. The van der Waals surface area contributed by atoms with Crippen LogP contribution in [0.5, 0.6) is 0 Å². The molecule has 37 heavy (non-hydrogen) atoms. The standard InChI is InChI=1S/C28H32BrN3O4S/c1-4-30-28(34)26(18-22-10-6-5-7-11-22)31(19-23-12-8-9-21(2)17-23)27(33)20-32(37(3,35)36)25-15-13-24(29)14-16-25/h5-17,26H,4,18-20H2,1-3H3,(H,30,34). The van der Waals surface area contributed by atoms with E-state index < -0.39 is 28.5 Å². The zero-order valence-electron chi connectivity index (χ0n) is 21.2. The molecule has 2 amide bonds. The topological polar surface area (TPSA) is 86.8 Å². The molecular weight excluding hydrogens is 554 g/mol. The minimum atomic E-state index is -3.78. The van der Waals surface area contributed by atoms with Crippen molar-refractivity contribution < 1.29 is 18.0 Å². The molecule has 1 atom stereocenters. The Kier molecular flexibility index (Phi) is 9.88. The average molecular weight is 587 g/mol. The van der Waals surface area contributed by atoms with Crippen LogP contribution in [0.4, 0.5) is 5.69 Å². The van der Waals surface area contributed by atoms with Crippen molar-refractivity contribution in [3.63, 3.8) is 0 Å². The fourth-order valence-corrected chi connectivity index (χ4v) is 5.19. The molecule has 3 aromatic rings. The lowest BCUT2D eigenvalue weighted by Gasteiger charge is -2.33. The summed E-state index contributed by atoms with van der Waals surface area (Å²) in [7, 11) is -3.78. The fraction of sp³-hybridized carbons (Fsp3) is 0.286. The van der Waals surface area contributed by atoms with Crippen molar-refractivity contribution in [3.05, 3.63) is 100 Å². The number of nitrogens with zero attached hydrogens (tertiary/aromatic N) is 2. The third-order valence-corrected chi connectivity index (χ3v) is 7.52. The highest BCUT2D eigenvalue weighted by Crippen LogP contribution is 2.22. The van der Waals surface area contributed by atoms with Gasteiger partial charge in [-0.1, -0.05) is 76.1 Å². The van der Waals surface area contributed by atoms with E-state index in [0.29, 0.717) is 18.7 Å². The number of hydrogen-bond donors (Lipinski definition) is 1. The summed E-state index contributed by atoms with van der Waals surface area (Å²) < 4.78 is 27.3. The molecule has 1 unspecified atom stereocenters. The second-order valence-electron chi connectivity index (χ2n) is 8.86. The highest BCUT2D eigenvalue weighted by atomic mass is 79.9. The maximum absolute atomic E-state index is 13.9. The van der Waals surface area contributed by atoms with Crippen molar-refractivity contribution in [2.45, 2.75) is 32.9 Å². The number of benzene rings is 3. The van der Waals surface area contributed by atoms with E-state index >= 15 is 0 Å². The molecule has 7 nitrogen and oxygen atoms in total. The van der Waals surface area contributed by atoms with Crippen LogP contribution in [0.3, 0.4) is 0 Å². The van der Waals surface area contributed by atoms with E-state index in [4.69, 9.17) is 0 Å². The molecule has 9 heteroatoms. The Morgan fingerprint density at radius 1 is 0.946 bits per heavy atom. The van der Waals surface area contributed by atoms with Crippen molar-refractivity contribution >= 4 is 43.5 Å². The first-order valence-corrected chi connectivity index (χ1v) is 14.6. The van der Waals surface area contributed by atoms with Crippen LogP contribution in [-0.4, -0.2) is 50.5 Å². The smallest absolute Gasteiger partial charge is 0.244 e. The molecule has 0 saturated heterocycles. The van der Waals surface area contributed by atoms with Crippen LogP contribution in [0.1, 0.15) is 23.6 Å². The van der Waals surface area contributed by atoms with Gasteiger partial charge in [0.05, 0.1) is 11.9 Å². The molecule has 3 rings (SSSR count). The van der Waals surface area contributed by atoms with Crippen LogP contribution in [-0.2, 0) is 32.6 Å². The summed E-state index contributed by atoms with van der Waals surface area (Å²) in [6.45, 7) is 3.91. The third kappa shape index (κ3) is 8.16. The molecule has 196 valence electrons. The molecule has 0 spiro atoms. The number of halogens is 1. The Bertz CT molecular complexity index is 1310. The maximum atomic E-state index is 13.9. The number of amides is 2. The molecule has 0 aromatic heterocycles. The first-order valence-electron chi connectivity index (χ1n) is 12.0. The van der Waals surface area contributed by atoms with Gasteiger partial charge >= 0.3 is 0 Å². The van der Waals surface area contributed by atoms with Gasteiger partial charge in [0, 0.05) is 24.0 Å². The van der Waals surface area contributed by atoms with E-state index in [0.717, 1.165) is 31.7 Å². The van der Waals surface area contributed by atoms with Gasteiger partial charge in [-0.2, -0.15) is 0 Å². The number of carbonyl (C=O) groups excluding carboxylic acids is 2. The number of aryl methyl sites for hydroxylation is 1. The molecular formula is C28H32BrN3O4S. The largest absolute Gasteiger partial charge is 0.355 e. The zero-order chi connectivity index (χ0) is 27.0. The van der Waals surface area contributed by atoms with Gasteiger partial charge in [-0.15, -0.1) is 0 Å². The first kappa shape index (κ1) is 28.4. The molecule has 1 N–H and O–H groups in total. The minimum absolute atomic E-state index is 0.160. The SMILES string of the molecule is CCNC(=O)C(Cc1ccccc1)N(Cc1cccc(C)c1)C(=O)CN(c1ccc(Br)cc1)S(C)(=O)=O. The predicted octanol–water partition coefficient (Wildman–Crippen LogP) is 4.30. The van der Waals surface area contributed by atoms with Crippen LogP contribution in [0, 0.1) is 6.92 Å². The zero-order valence-corrected chi connectivity index (χ0v) is 23.6. The average Bonchev–Trinajstić information content (AvgIpc) is 2.85. The van der Waals surface area contributed by atoms with Gasteiger partial charge in [-0.3, -0.25) is 13.9 Å². The number of sulfonamides is 1. The van der Waals surface area contributed by atoms with E-state index in [1.165, 1.54) is 4.90 Å². The van der Waals surface area contributed by atoms with E-state index in [1.54, 1.807) is 24.3 Å². The molecule has 0 aliphatic rings. The normalized spacial score (nSPS) is 12.0. The molecule has 0 aliphatic heterocycles. The number of nitrogens with one attached hydrogen (secondary N) is 1. The monoisotopic (exact) mass is 585 g/mol. The van der Waals surface area contributed by atoms with Gasteiger partial charge in [-0.05, 0) is 49.2 Å². The Morgan fingerprint density at radius 2 is 1.59 bits per heavy atom. The summed E-state index contributed by atoms with van der Waals surface area (Å²) in [5.74, 6) is -0.760. The summed E-state index contributed by atoms with van der Waals surface area (Å²) in [5.41, 5.74) is 3.14. The van der Waals surface area contributed by atoms with Gasteiger partial charge in [-0.25, -0.2) is 8.42 Å². The Labute approximate surface area is 227 Å². The van der Waals surface area contributed by atoms with Crippen LogP contribution < -0.4 is 9.62 Å². The van der Waals surface area contributed by atoms with Crippen molar-refractivity contribution in [1.82, 2.24) is 10.2 Å². The Hall–Kier alpha value is -3.17. The van der Waals surface area contributed by atoms with Gasteiger partial charge in [0.15, 0.2) is 0 Å². The van der Waals surface area contributed by atoms with Crippen molar-refractivity contribution in [1.29, 1.82) is 0 Å². The lowest BCUT2D eigenvalue weighted by atomic mass is 10.0. The van der Waals surface area contributed by atoms with E-state index in [9.17, 15) is 18.0 Å². The number of rotatable bonds is 11. The number of anilines is 1. The first-order chi connectivity index (χ1) is 17.6. The van der Waals surface area contributed by atoms with E-state index in [-0.39, 0.29) is 12.5 Å². The van der Waals surface area contributed by atoms with Crippen LogP contribution in [0.15, 0.2) is 83.3 Å². The number of hydrogen-bond acceptors (Lipinski definition) is 4. The van der Waals surface area contributed by atoms with Crippen molar-refractivity contribution in [2.24, 2.45) is 0 Å². The quantitative estimate of drug-likeness (QED) is 0.363. The van der Waals surface area contributed by atoms with Gasteiger partial charge in [0.25, 0.3) is 0 Å². The van der Waals surface area contributed by atoms with Gasteiger partial charge in [0.2, 0.25) is 21.8 Å². The number of carbonyl (C=O) groups is 2. The Morgan fingerprint density at radius 3 is 2.19 bits per heavy atom. The second kappa shape index (κ2) is 12.9. The van der Waals surface area contributed by atoms with Crippen LogP contribution in [0.25, 0.3) is 0 Å². The van der Waals surface area contributed by atoms with Crippen molar-refractivity contribution in [2.75, 3.05) is 23.7 Å². The van der Waals surface area contributed by atoms with Crippen molar-refractivity contribution in [3.8, 4) is 0 Å². The minimum Gasteiger partial charge on any atom is -0.355 e. The summed E-state index contributed by atoms with van der Waals surface area (Å²) in [5, 5.41) is 2.85. The van der Waals surface area contributed by atoms with Gasteiger partial charge in [0.1, 0.15) is 12.6 Å². The molecule has 0 fully saturated rings. The summed E-state index contributed by atoms with van der Waals surface area (Å²) in [6.07, 6.45) is 1.36. The molecule has 0 saturated carbocycles. The maximum Gasteiger partial charge on any atom is 0.244 e. The summed E-state index contributed by atoms with van der Waals surface area (Å²) >= 11 is 3.36. The fourth-order valence-electron chi connectivity index (χ4n) is 4.07. The Balaban J connectivity index is 2.03.